The van der Waals surface area contributed by atoms with Crippen molar-refractivity contribution in [3.05, 3.63) is 40.3 Å². The molecule has 0 aliphatic carbocycles. The number of nitrogens with zero attached hydrogens (tertiary/aromatic N) is 2. The topological polar surface area (TPSA) is 106 Å². The van der Waals surface area contributed by atoms with Crippen LogP contribution in [-0.4, -0.2) is 49.3 Å². The number of carbonyl (C=O) groups excluding carboxylic acids is 2. The Labute approximate surface area is 168 Å². The van der Waals surface area contributed by atoms with Crippen molar-refractivity contribution in [1.82, 2.24) is 9.29 Å². The van der Waals surface area contributed by atoms with Crippen LogP contribution in [0.2, 0.25) is 0 Å². The number of aromatic nitrogens is 1. The predicted molar refractivity (Wildman–Crippen MR) is 107 cm³/mol. The van der Waals surface area contributed by atoms with Gasteiger partial charge in [0.25, 0.3) is 5.91 Å². The molecule has 0 unspecified atom stereocenters. The van der Waals surface area contributed by atoms with E-state index in [0.717, 1.165) is 5.01 Å². The van der Waals surface area contributed by atoms with Crippen LogP contribution in [0.5, 0.6) is 0 Å². The first-order valence-corrected chi connectivity index (χ1v) is 11.0. The van der Waals surface area contributed by atoms with Gasteiger partial charge in [-0.1, -0.05) is 19.9 Å². The number of sulfonamides is 1. The standard InChI is InChI=1S/C18H23N3O5S2/c1-4-21(5-2)28(24,25)16-8-6-7-14(9-16)20-17(22)11-26-18(23)10-15-12-27-13(3)19-15/h6-9,12H,4-5,10-11H2,1-3H3,(H,20,22). The van der Waals surface area contributed by atoms with Gasteiger partial charge in [-0.3, -0.25) is 9.59 Å². The van der Waals surface area contributed by atoms with Crippen molar-refractivity contribution in [1.29, 1.82) is 0 Å². The fourth-order valence-electron chi connectivity index (χ4n) is 2.48. The number of ether oxygens (including phenoxy) is 1. The van der Waals surface area contributed by atoms with Crippen molar-refractivity contribution in [2.75, 3.05) is 25.0 Å². The number of aryl methyl sites for hydroxylation is 1. The zero-order chi connectivity index (χ0) is 20.7. The third kappa shape index (κ3) is 5.85. The molecule has 1 N–H and O–H groups in total. The van der Waals surface area contributed by atoms with E-state index in [1.807, 2.05) is 6.92 Å². The average Bonchev–Trinajstić information content (AvgIpc) is 3.05. The zero-order valence-corrected chi connectivity index (χ0v) is 17.6. The molecule has 0 saturated carbocycles. The Kier molecular flexibility index (Phi) is 7.67. The van der Waals surface area contributed by atoms with Gasteiger partial charge in [0.15, 0.2) is 6.61 Å². The molecule has 0 bridgehead atoms. The first-order chi connectivity index (χ1) is 13.3. The second-order valence-electron chi connectivity index (χ2n) is 5.86. The van der Waals surface area contributed by atoms with E-state index in [2.05, 4.69) is 10.3 Å². The van der Waals surface area contributed by atoms with E-state index in [-0.39, 0.29) is 11.3 Å². The summed E-state index contributed by atoms with van der Waals surface area (Å²) >= 11 is 1.43. The first kappa shape index (κ1) is 22.0. The Morgan fingerprint density at radius 1 is 1.25 bits per heavy atom. The van der Waals surface area contributed by atoms with Gasteiger partial charge >= 0.3 is 5.97 Å². The van der Waals surface area contributed by atoms with E-state index < -0.39 is 28.5 Å². The molecule has 0 fully saturated rings. The van der Waals surface area contributed by atoms with E-state index in [1.165, 1.54) is 27.8 Å². The lowest BCUT2D eigenvalue weighted by Gasteiger charge is -2.18. The van der Waals surface area contributed by atoms with E-state index in [0.29, 0.717) is 24.5 Å². The summed E-state index contributed by atoms with van der Waals surface area (Å²) in [6, 6.07) is 5.96. The lowest BCUT2D eigenvalue weighted by molar-refractivity contribution is -0.146. The molecule has 1 aromatic carbocycles. The molecule has 2 rings (SSSR count). The second-order valence-corrected chi connectivity index (χ2v) is 8.86. The van der Waals surface area contributed by atoms with Crippen LogP contribution in [0.15, 0.2) is 34.5 Å². The van der Waals surface area contributed by atoms with Crippen molar-refractivity contribution >= 4 is 38.9 Å². The molecule has 1 heterocycles. The van der Waals surface area contributed by atoms with Crippen LogP contribution in [0.25, 0.3) is 0 Å². The lowest BCUT2D eigenvalue weighted by Crippen LogP contribution is -2.30. The van der Waals surface area contributed by atoms with Crippen LogP contribution < -0.4 is 5.32 Å². The number of carbonyl (C=O) groups is 2. The predicted octanol–water partition coefficient (Wildman–Crippen LogP) is 2.21. The molecule has 0 aliphatic rings. The molecule has 8 nitrogen and oxygen atoms in total. The highest BCUT2D eigenvalue weighted by molar-refractivity contribution is 7.89. The minimum atomic E-state index is -3.63. The number of thiazole rings is 1. The van der Waals surface area contributed by atoms with Gasteiger partial charge in [-0.15, -0.1) is 11.3 Å². The fourth-order valence-corrected chi connectivity index (χ4v) is 4.60. The second kappa shape index (κ2) is 9.76. The average molecular weight is 426 g/mol. The molecule has 2 aromatic rings. The minimum absolute atomic E-state index is 0.00474. The summed E-state index contributed by atoms with van der Waals surface area (Å²) in [5.74, 6) is -1.11. The van der Waals surface area contributed by atoms with Crippen LogP contribution in [0.4, 0.5) is 5.69 Å². The number of amides is 1. The Bertz CT molecular complexity index is 936. The highest BCUT2D eigenvalue weighted by atomic mass is 32.2. The smallest absolute Gasteiger partial charge is 0.312 e. The van der Waals surface area contributed by atoms with Gasteiger partial charge in [0.05, 0.1) is 22.0 Å². The van der Waals surface area contributed by atoms with Gasteiger partial charge in [-0.25, -0.2) is 13.4 Å². The molecule has 0 radical (unpaired) electrons. The molecule has 0 saturated heterocycles. The van der Waals surface area contributed by atoms with E-state index >= 15 is 0 Å². The number of hydrogen-bond acceptors (Lipinski definition) is 7. The van der Waals surface area contributed by atoms with Gasteiger partial charge in [0.2, 0.25) is 10.0 Å². The summed E-state index contributed by atoms with van der Waals surface area (Å²) in [6.45, 7) is 5.59. The highest BCUT2D eigenvalue weighted by Gasteiger charge is 2.22. The van der Waals surface area contributed by atoms with Crippen LogP contribution in [0.1, 0.15) is 24.5 Å². The zero-order valence-electron chi connectivity index (χ0n) is 16.0. The summed E-state index contributed by atoms with van der Waals surface area (Å²) < 4.78 is 31.4. The molecule has 0 atom stereocenters. The largest absolute Gasteiger partial charge is 0.455 e. The Balaban J connectivity index is 1.94. The summed E-state index contributed by atoms with van der Waals surface area (Å²) in [4.78, 5) is 28.1. The molecule has 0 spiro atoms. The number of anilines is 1. The Morgan fingerprint density at radius 2 is 1.96 bits per heavy atom. The molecule has 0 aliphatic heterocycles. The summed E-state index contributed by atoms with van der Waals surface area (Å²) in [7, 11) is -3.63. The van der Waals surface area contributed by atoms with Crippen LogP contribution in [-0.2, 0) is 30.8 Å². The van der Waals surface area contributed by atoms with Crippen molar-refractivity contribution in [2.45, 2.75) is 32.1 Å². The number of benzene rings is 1. The third-order valence-electron chi connectivity index (χ3n) is 3.82. The van der Waals surface area contributed by atoms with Crippen molar-refractivity contribution < 1.29 is 22.7 Å². The van der Waals surface area contributed by atoms with E-state index in [1.54, 1.807) is 31.4 Å². The number of rotatable bonds is 9. The molecule has 152 valence electrons. The monoisotopic (exact) mass is 425 g/mol. The number of hydrogen-bond donors (Lipinski definition) is 1. The SMILES string of the molecule is CCN(CC)S(=O)(=O)c1cccc(NC(=O)COC(=O)Cc2csc(C)n2)c1. The molecular weight excluding hydrogens is 402 g/mol. The highest BCUT2D eigenvalue weighted by Crippen LogP contribution is 2.19. The van der Waals surface area contributed by atoms with Gasteiger partial charge in [-0.2, -0.15) is 4.31 Å². The summed E-state index contributed by atoms with van der Waals surface area (Å²) in [6.07, 6.45) is -0.00474. The van der Waals surface area contributed by atoms with Crippen LogP contribution in [0.3, 0.4) is 0 Å². The number of nitrogens with one attached hydrogen (secondary N) is 1. The minimum Gasteiger partial charge on any atom is -0.455 e. The maximum Gasteiger partial charge on any atom is 0.312 e. The number of esters is 1. The summed E-state index contributed by atoms with van der Waals surface area (Å²) in [5.41, 5.74) is 0.909. The normalized spacial score (nSPS) is 11.4. The van der Waals surface area contributed by atoms with Crippen molar-refractivity contribution in [3.63, 3.8) is 0 Å². The Hall–Kier alpha value is -2.30. The van der Waals surface area contributed by atoms with Crippen molar-refractivity contribution in [2.24, 2.45) is 0 Å². The van der Waals surface area contributed by atoms with Gasteiger partial charge in [0.1, 0.15) is 0 Å². The van der Waals surface area contributed by atoms with Crippen LogP contribution >= 0.6 is 11.3 Å². The Morgan fingerprint density at radius 3 is 2.57 bits per heavy atom. The van der Waals surface area contributed by atoms with Gasteiger partial charge in [0, 0.05) is 24.2 Å². The van der Waals surface area contributed by atoms with E-state index in [4.69, 9.17) is 4.74 Å². The quantitative estimate of drug-likeness (QED) is 0.618. The molecule has 1 amide bonds. The third-order valence-corrected chi connectivity index (χ3v) is 6.69. The maximum absolute atomic E-state index is 12.6. The first-order valence-electron chi connectivity index (χ1n) is 8.73. The van der Waals surface area contributed by atoms with E-state index in [9.17, 15) is 18.0 Å². The van der Waals surface area contributed by atoms with Crippen molar-refractivity contribution in [3.8, 4) is 0 Å². The molecule has 10 heteroatoms. The molecular formula is C18H23N3O5S2. The fraction of sp³-hybridized carbons (Fsp3) is 0.389. The van der Waals surface area contributed by atoms with Gasteiger partial charge < -0.3 is 10.1 Å². The van der Waals surface area contributed by atoms with Crippen LogP contribution in [0, 0.1) is 6.92 Å². The molecule has 28 heavy (non-hydrogen) atoms. The molecule has 1 aromatic heterocycles. The lowest BCUT2D eigenvalue weighted by atomic mass is 10.3. The van der Waals surface area contributed by atoms with Gasteiger partial charge in [-0.05, 0) is 25.1 Å². The maximum atomic E-state index is 12.6. The summed E-state index contributed by atoms with van der Waals surface area (Å²) in [5, 5.41) is 5.15.